The highest BCUT2D eigenvalue weighted by Crippen LogP contribution is 2.37. The molecule has 1 fully saturated rings. The molecule has 7 nitrogen and oxygen atoms in total. The predicted octanol–water partition coefficient (Wildman–Crippen LogP) is 5.65. The average Bonchev–Trinajstić information content (AvgIpc) is 3.49. The van der Waals surface area contributed by atoms with Crippen LogP contribution < -0.4 is 14.8 Å². The van der Waals surface area contributed by atoms with Gasteiger partial charge in [-0.25, -0.2) is 0 Å². The van der Waals surface area contributed by atoms with Gasteiger partial charge >= 0.3 is 0 Å². The molecule has 0 amide bonds. The van der Waals surface area contributed by atoms with Crippen LogP contribution in [0.4, 0.5) is 5.82 Å². The molecule has 0 radical (unpaired) electrons. The van der Waals surface area contributed by atoms with Crippen molar-refractivity contribution in [3.05, 3.63) is 71.2 Å². The summed E-state index contributed by atoms with van der Waals surface area (Å²) in [5, 5.41) is 14.9. The van der Waals surface area contributed by atoms with Crippen LogP contribution in [-0.2, 0) is 0 Å². The Morgan fingerprint density at radius 1 is 1.00 bits per heavy atom. The molecule has 2 aromatic heterocycles. The van der Waals surface area contributed by atoms with Crippen LogP contribution in [0.5, 0.6) is 11.5 Å². The highest BCUT2D eigenvalue weighted by atomic mass is 16.5. The Bertz CT molecular complexity index is 1380. The van der Waals surface area contributed by atoms with Crippen molar-refractivity contribution >= 4 is 16.6 Å². The molecule has 3 heterocycles. The van der Waals surface area contributed by atoms with Gasteiger partial charge in [0.15, 0.2) is 5.82 Å². The number of aryl methyl sites for hydroxylation is 3. The van der Waals surface area contributed by atoms with Gasteiger partial charge in [-0.15, -0.1) is 5.10 Å². The van der Waals surface area contributed by atoms with Gasteiger partial charge in [-0.3, -0.25) is 0 Å². The molecule has 0 aliphatic carbocycles. The van der Waals surface area contributed by atoms with Crippen LogP contribution in [-0.4, -0.2) is 59.6 Å². The van der Waals surface area contributed by atoms with Gasteiger partial charge < -0.3 is 24.3 Å². The number of fused-ring (bicyclic) bond motifs is 1. The Hall–Kier alpha value is -3.58. The molecular formula is C30H37N5O2. The summed E-state index contributed by atoms with van der Waals surface area (Å²) in [7, 11) is 1.70. The number of aromatic nitrogens is 3. The van der Waals surface area contributed by atoms with E-state index in [9.17, 15) is 0 Å². The van der Waals surface area contributed by atoms with Gasteiger partial charge in [-0.2, -0.15) is 5.10 Å². The quantitative estimate of drug-likeness (QED) is 0.321. The second-order valence-electron chi connectivity index (χ2n) is 9.78. The van der Waals surface area contributed by atoms with E-state index in [1.807, 2.05) is 26.0 Å². The smallest absolute Gasteiger partial charge is 0.158 e. The third-order valence-corrected chi connectivity index (χ3v) is 7.51. The Morgan fingerprint density at radius 2 is 1.78 bits per heavy atom. The van der Waals surface area contributed by atoms with E-state index in [2.05, 4.69) is 75.2 Å². The monoisotopic (exact) mass is 499 g/mol. The summed E-state index contributed by atoms with van der Waals surface area (Å²) in [5.41, 5.74) is 5.58. The molecule has 1 atom stereocenters. The lowest BCUT2D eigenvalue weighted by molar-refractivity contribution is 0.336. The minimum absolute atomic E-state index is 0.615. The fourth-order valence-corrected chi connectivity index (χ4v) is 5.74. The maximum atomic E-state index is 5.76. The molecule has 0 spiro atoms. The summed E-state index contributed by atoms with van der Waals surface area (Å²) in [6, 6.07) is 16.9. The first-order valence-electron chi connectivity index (χ1n) is 13.2. The summed E-state index contributed by atoms with van der Waals surface area (Å²) in [6.45, 7) is 12.9. The van der Waals surface area contributed by atoms with Crippen molar-refractivity contribution in [1.29, 1.82) is 0 Å². The Morgan fingerprint density at radius 3 is 2.54 bits per heavy atom. The summed E-state index contributed by atoms with van der Waals surface area (Å²) in [4.78, 5) is 2.54. The number of likely N-dealkylation sites (tertiary alicyclic amines) is 1. The zero-order valence-corrected chi connectivity index (χ0v) is 22.5. The number of hydrogen-bond acceptors (Lipinski definition) is 6. The van der Waals surface area contributed by atoms with Gasteiger partial charge in [0.05, 0.1) is 25.1 Å². The second kappa shape index (κ2) is 10.8. The van der Waals surface area contributed by atoms with Crippen molar-refractivity contribution < 1.29 is 9.47 Å². The third kappa shape index (κ3) is 4.88. The molecule has 4 aromatic rings. The number of rotatable bonds is 9. The SMILES string of the molecule is CCOc1ccc(-n2c(C)c3c(C)nnc(NCCN4CCC(c5ccccc5)C4)c3c2C)c(OC)c1. The first-order chi connectivity index (χ1) is 18.0. The molecule has 194 valence electrons. The van der Waals surface area contributed by atoms with Crippen molar-refractivity contribution in [3.63, 3.8) is 0 Å². The highest BCUT2D eigenvalue weighted by molar-refractivity contribution is 5.98. The largest absolute Gasteiger partial charge is 0.494 e. The lowest BCUT2D eigenvalue weighted by atomic mass is 9.99. The fraction of sp³-hybridized carbons (Fsp3) is 0.400. The molecule has 2 aromatic carbocycles. The minimum atomic E-state index is 0.615. The summed E-state index contributed by atoms with van der Waals surface area (Å²) in [5.74, 6) is 3.03. The third-order valence-electron chi connectivity index (χ3n) is 7.51. The maximum Gasteiger partial charge on any atom is 0.158 e. The van der Waals surface area contributed by atoms with E-state index in [1.54, 1.807) is 7.11 Å². The first-order valence-corrected chi connectivity index (χ1v) is 13.2. The lowest BCUT2D eigenvalue weighted by Gasteiger charge is -2.17. The molecule has 37 heavy (non-hydrogen) atoms. The Labute approximate surface area is 219 Å². The van der Waals surface area contributed by atoms with E-state index in [0.29, 0.717) is 12.5 Å². The van der Waals surface area contributed by atoms with E-state index >= 15 is 0 Å². The van der Waals surface area contributed by atoms with Crippen LogP contribution in [0.2, 0.25) is 0 Å². The Balaban J connectivity index is 1.38. The molecular weight excluding hydrogens is 462 g/mol. The van der Waals surface area contributed by atoms with Crippen LogP contribution in [0.15, 0.2) is 48.5 Å². The van der Waals surface area contributed by atoms with E-state index in [4.69, 9.17) is 9.47 Å². The van der Waals surface area contributed by atoms with E-state index in [1.165, 1.54) is 12.0 Å². The van der Waals surface area contributed by atoms with Gasteiger partial charge in [0.1, 0.15) is 11.5 Å². The average molecular weight is 500 g/mol. The molecule has 0 saturated carbocycles. The topological polar surface area (TPSA) is 64.4 Å². The number of benzene rings is 2. The lowest BCUT2D eigenvalue weighted by Crippen LogP contribution is -2.27. The van der Waals surface area contributed by atoms with Gasteiger partial charge in [0.2, 0.25) is 0 Å². The summed E-state index contributed by atoms with van der Waals surface area (Å²) < 4.78 is 13.7. The van der Waals surface area contributed by atoms with Crippen LogP contribution in [0, 0.1) is 20.8 Å². The normalized spacial score (nSPS) is 15.9. The number of nitrogens with zero attached hydrogens (tertiary/aromatic N) is 4. The van der Waals surface area contributed by atoms with Crippen molar-refractivity contribution in [3.8, 4) is 17.2 Å². The maximum absolute atomic E-state index is 5.76. The predicted molar refractivity (Wildman–Crippen MR) is 150 cm³/mol. The van der Waals surface area contributed by atoms with Gasteiger partial charge in [0.25, 0.3) is 0 Å². The number of hydrogen-bond donors (Lipinski definition) is 1. The Kier molecular flexibility index (Phi) is 7.33. The number of anilines is 1. The van der Waals surface area contributed by atoms with Crippen molar-refractivity contribution in [2.24, 2.45) is 0 Å². The molecule has 7 heteroatoms. The molecule has 1 aliphatic heterocycles. The fourth-order valence-electron chi connectivity index (χ4n) is 5.74. The summed E-state index contributed by atoms with van der Waals surface area (Å²) >= 11 is 0. The van der Waals surface area contributed by atoms with Crippen LogP contribution in [0.1, 0.15) is 41.9 Å². The highest BCUT2D eigenvalue weighted by Gasteiger charge is 2.24. The molecule has 1 unspecified atom stereocenters. The van der Waals surface area contributed by atoms with E-state index < -0.39 is 0 Å². The van der Waals surface area contributed by atoms with E-state index in [-0.39, 0.29) is 0 Å². The number of methoxy groups -OCH3 is 1. The second-order valence-corrected chi connectivity index (χ2v) is 9.78. The van der Waals surface area contributed by atoms with Crippen molar-refractivity contribution in [2.45, 2.75) is 40.0 Å². The molecule has 1 aliphatic rings. The minimum Gasteiger partial charge on any atom is -0.494 e. The molecule has 5 rings (SSSR count). The van der Waals surface area contributed by atoms with E-state index in [0.717, 1.165) is 77.0 Å². The van der Waals surface area contributed by atoms with Gasteiger partial charge in [-0.05, 0) is 64.3 Å². The standard InChI is InChI=1S/C30H37N5O2/c1-6-37-25-12-13-26(27(18-25)36-5)35-21(3)28-20(2)32-33-30(29(28)22(35)4)31-15-17-34-16-14-24(19-34)23-10-8-7-9-11-23/h7-13,18,24H,6,14-17,19H2,1-5H3,(H,31,33). The van der Waals surface area contributed by atoms with Crippen LogP contribution >= 0.6 is 0 Å². The van der Waals surface area contributed by atoms with Crippen LogP contribution in [0.25, 0.3) is 16.5 Å². The zero-order chi connectivity index (χ0) is 25.9. The molecule has 0 bridgehead atoms. The van der Waals surface area contributed by atoms with Gasteiger partial charge in [-0.1, -0.05) is 30.3 Å². The first kappa shape index (κ1) is 25.1. The number of ether oxygens (including phenoxy) is 2. The zero-order valence-electron chi connectivity index (χ0n) is 22.5. The van der Waals surface area contributed by atoms with Crippen molar-refractivity contribution in [1.82, 2.24) is 19.7 Å². The van der Waals surface area contributed by atoms with Gasteiger partial charge in [0, 0.05) is 47.9 Å². The van der Waals surface area contributed by atoms with Crippen LogP contribution in [0.3, 0.4) is 0 Å². The summed E-state index contributed by atoms with van der Waals surface area (Å²) in [6.07, 6.45) is 1.21. The molecule has 1 N–H and O–H groups in total. The molecule has 1 saturated heterocycles. The van der Waals surface area contributed by atoms with Crippen molar-refractivity contribution in [2.75, 3.05) is 45.2 Å². The number of nitrogens with one attached hydrogen (secondary N) is 1.